The van der Waals surface area contributed by atoms with Gasteiger partial charge in [-0.2, -0.15) is 0 Å². The Bertz CT molecular complexity index is 540. The lowest BCUT2D eigenvalue weighted by atomic mass is 10.2. The molecule has 0 amide bonds. The molecule has 3 N–H and O–H groups in total. The first-order chi connectivity index (χ1) is 8.38. The van der Waals surface area contributed by atoms with Crippen molar-refractivity contribution in [2.45, 2.75) is 6.42 Å². The van der Waals surface area contributed by atoms with E-state index in [9.17, 15) is 0 Å². The third kappa shape index (κ3) is 1.70. The van der Waals surface area contributed by atoms with Crippen molar-refractivity contribution in [3.8, 4) is 0 Å². The van der Waals surface area contributed by atoms with Crippen LogP contribution in [0, 0.1) is 0 Å². The Morgan fingerprint density at radius 3 is 3.00 bits per heavy atom. The molecule has 3 rings (SSSR count). The van der Waals surface area contributed by atoms with Crippen molar-refractivity contribution in [2.75, 3.05) is 16.9 Å². The van der Waals surface area contributed by atoms with E-state index in [0.29, 0.717) is 5.82 Å². The summed E-state index contributed by atoms with van der Waals surface area (Å²) >= 11 is 0. The van der Waals surface area contributed by atoms with Crippen molar-refractivity contribution >= 4 is 17.3 Å². The first kappa shape index (κ1) is 10.0. The molecule has 1 aliphatic rings. The van der Waals surface area contributed by atoms with Gasteiger partial charge >= 0.3 is 0 Å². The highest BCUT2D eigenvalue weighted by Crippen LogP contribution is 2.32. The molecule has 0 radical (unpaired) electrons. The van der Waals surface area contributed by atoms with E-state index in [2.05, 4.69) is 38.5 Å². The van der Waals surface area contributed by atoms with E-state index in [4.69, 9.17) is 5.84 Å². The monoisotopic (exact) mass is 227 g/mol. The number of nitrogens with two attached hydrogens (primary N) is 1. The Labute approximate surface area is 99.3 Å². The van der Waals surface area contributed by atoms with E-state index in [1.165, 1.54) is 11.3 Å². The summed E-state index contributed by atoms with van der Waals surface area (Å²) < 4.78 is 0. The van der Waals surface area contributed by atoms with Crippen LogP contribution in [0.1, 0.15) is 5.56 Å². The van der Waals surface area contributed by atoms with Gasteiger partial charge in [0.05, 0.1) is 12.4 Å². The smallest absolute Gasteiger partial charge is 0.160 e. The second-order valence-electron chi connectivity index (χ2n) is 3.94. The van der Waals surface area contributed by atoms with Crippen LogP contribution in [0.2, 0.25) is 0 Å². The van der Waals surface area contributed by atoms with Crippen molar-refractivity contribution in [1.29, 1.82) is 0 Å². The summed E-state index contributed by atoms with van der Waals surface area (Å²) in [4.78, 5) is 10.7. The SMILES string of the molecule is NNc1cncc(N2CCc3ccccc32)n1. The molecule has 1 aliphatic heterocycles. The molecule has 86 valence electrons. The second-order valence-corrected chi connectivity index (χ2v) is 3.94. The summed E-state index contributed by atoms with van der Waals surface area (Å²) in [6, 6.07) is 8.35. The van der Waals surface area contributed by atoms with E-state index < -0.39 is 0 Å². The molecule has 0 unspecified atom stereocenters. The van der Waals surface area contributed by atoms with E-state index in [0.717, 1.165) is 18.8 Å². The number of nitrogens with one attached hydrogen (secondary N) is 1. The molecule has 0 spiro atoms. The quantitative estimate of drug-likeness (QED) is 0.600. The molecular formula is C12H13N5. The van der Waals surface area contributed by atoms with Gasteiger partial charge in [-0.25, -0.2) is 10.8 Å². The normalized spacial score (nSPS) is 13.6. The summed E-state index contributed by atoms with van der Waals surface area (Å²) in [7, 11) is 0. The lowest BCUT2D eigenvalue weighted by Gasteiger charge is -2.18. The number of benzene rings is 1. The highest BCUT2D eigenvalue weighted by atomic mass is 15.3. The van der Waals surface area contributed by atoms with Gasteiger partial charge in [0.25, 0.3) is 0 Å². The summed E-state index contributed by atoms with van der Waals surface area (Å²) in [5.74, 6) is 6.74. The number of rotatable bonds is 2. The molecule has 0 fully saturated rings. The molecule has 0 saturated carbocycles. The molecule has 0 aliphatic carbocycles. The van der Waals surface area contributed by atoms with Gasteiger partial charge in [0.2, 0.25) is 0 Å². The van der Waals surface area contributed by atoms with Gasteiger partial charge in [0.1, 0.15) is 0 Å². The van der Waals surface area contributed by atoms with Gasteiger partial charge < -0.3 is 10.3 Å². The zero-order valence-electron chi connectivity index (χ0n) is 9.30. The van der Waals surface area contributed by atoms with Crippen LogP contribution in [0.25, 0.3) is 0 Å². The minimum absolute atomic E-state index is 0.576. The van der Waals surface area contributed by atoms with Crippen molar-refractivity contribution in [3.63, 3.8) is 0 Å². The number of para-hydroxylation sites is 1. The number of hydrogen-bond donors (Lipinski definition) is 2. The number of fused-ring (bicyclic) bond motifs is 1. The zero-order valence-corrected chi connectivity index (χ0v) is 9.30. The first-order valence-electron chi connectivity index (χ1n) is 5.52. The molecular weight excluding hydrogens is 214 g/mol. The second kappa shape index (κ2) is 4.03. The summed E-state index contributed by atoms with van der Waals surface area (Å²) in [5, 5.41) is 0. The zero-order chi connectivity index (χ0) is 11.7. The molecule has 2 heterocycles. The Kier molecular flexibility index (Phi) is 2.38. The van der Waals surface area contributed by atoms with Crippen LogP contribution >= 0.6 is 0 Å². The maximum Gasteiger partial charge on any atom is 0.160 e. The standard InChI is InChI=1S/C12H13N5/c13-16-11-7-14-8-12(15-11)17-6-5-9-3-1-2-4-10(9)17/h1-4,7-8H,5-6,13H2,(H,15,16). The number of hydrazine groups is 1. The predicted molar refractivity (Wildman–Crippen MR) is 67.0 cm³/mol. The lowest BCUT2D eigenvalue weighted by molar-refractivity contribution is 0.963. The summed E-state index contributed by atoms with van der Waals surface area (Å²) in [6.45, 7) is 0.933. The highest BCUT2D eigenvalue weighted by molar-refractivity contribution is 5.67. The average Bonchev–Trinajstić information content (AvgIpc) is 2.82. The van der Waals surface area contributed by atoms with Crippen LogP contribution in [0.15, 0.2) is 36.7 Å². The molecule has 5 heteroatoms. The summed E-state index contributed by atoms with van der Waals surface area (Å²) in [5.41, 5.74) is 5.07. The summed E-state index contributed by atoms with van der Waals surface area (Å²) in [6.07, 6.45) is 4.40. The molecule has 0 atom stereocenters. The Balaban J connectivity index is 2.01. The van der Waals surface area contributed by atoms with Crippen molar-refractivity contribution in [2.24, 2.45) is 5.84 Å². The van der Waals surface area contributed by atoms with Gasteiger partial charge in [-0.05, 0) is 18.1 Å². The fourth-order valence-corrected chi connectivity index (χ4v) is 2.13. The van der Waals surface area contributed by atoms with Crippen molar-refractivity contribution < 1.29 is 0 Å². The van der Waals surface area contributed by atoms with Crippen LogP contribution in [-0.2, 0) is 6.42 Å². The molecule has 5 nitrogen and oxygen atoms in total. The molecule has 17 heavy (non-hydrogen) atoms. The van der Waals surface area contributed by atoms with Gasteiger partial charge in [-0.3, -0.25) is 4.98 Å². The number of nitrogen functional groups attached to an aromatic ring is 1. The van der Waals surface area contributed by atoms with Crippen LogP contribution in [0.5, 0.6) is 0 Å². The number of anilines is 3. The predicted octanol–water partition coefficient (Wildman–Crippen LogP) is 1.46. The molecule has 0 bridgehead atoms. The maximum atomic E-state index is 5.34. The van der Waals surface area contributed by atoms with Gasteiger partial charge in [-0.1, -0.05) is 18.2 Å². The van der Waals surface area contributed by atoms with Crippen LogP contribution < -0.4 is 16.2 Å². The van der Waals surface area contributed by atoms with E-state index in [1.807, 2.05) is 6.07 Å². The number of nitrogens with zero attached hydrogens (tertiary/aromatic N) is 3. The molecule has 2 aromatic rings. The minimum Gasteiger partial charge on any atom is -0.324 e. The highest BCUT2D eigenvalue weighted by Gasteiger charge is 2.20. The third-order valence-electron chi connectivity index (χ3n) is 2.93. The van der Waals surface area contributed by atoms with E-state index >= 15 is 0 Å². The van der Waals surface area contributed by atoms with Gasteiger partial charge in [0, 0.05) is 12.2 Å². The topological polar surface area (TPSA) is 67.1 Å². The van der Waals surface area contributed by atoms with Crippen molar-refractivity contribution in [1.82, 2.24) is 9.97 Å². The van der Waals surface area contributed by atoms with Crippen LogP contribution in [-0.4, -0.2) is 16.5 Å². The first-order valence-corrected chi connectivity index (χ1v) is 5.52. The largest absolute Gasteiger partial charge is 0.324 e. The van der Waals surface area contributed by atoms with Crippen molar-refractivity contribution in [3.05, 3.63) is 42.2 Å². The number of hydrogen-bond acceptors (Lipinski definition) is 5. The van der Waals surface area contributed by atoms with E-state index in [-0.39, 0.29) is 0 Å². The number of aromatic nitrogens is 2. The Hall–Kier alpha value is -2.14. The van der Waals surface area contributed by atoms with Gasteiger partial charge in [0.15, 0.2) is 11.6 Å². The fourth-order valence-electron chi connectivity index (χ4n) is 2.13. The molecule has 1 aromatic carbocycles. The average molecular weight is 227 g/mol. The molecule has 0 saturated heterocycles. The van der Waals surface area contributed by atoms with Crippen LogP contribution in [0.4, 0.5) is 17.3 Å². The minimum atomic E-state index is 0.576. The van der Waals surface area contributed by atoms with Gasteiger partial charge in [-0.15, -0.1) is 0 Å². The lowest BCUT2D eigenvalue weighted by Crippen LogP contribution is -2.17. The Morgan fingerprint density at radius 1 is 1.24 bits per heavy atom. The third-order valence-corrected chi connectivity index (χ3v) is 2.93. The fraction of sp³-hybridized carbons (Fsp3) is 0.167. The maximum absolute atomic E-state index is 5.34. The van der Waals surface area contributed by atoms with Crippen LogP contribution in [0.3, 0.4) is 0 Å². The molecule has 1 aromatic heterocycles. The Morgan fingerprint density at radius 2 is 2.12 bits per heavy atom. The van der Waals surface area contributed by atoms with E-state index in [1.54, 1.807) is 12.4 Å².